The second-order valence-corrected chi connectivity index (χ2v) is 4.64. The lowest BCUT2D eigenvalue weighted by atomic mass is 9.95. The van der Waals surface area contributed by atoms with Gasteiger partial charge in [0.15, 0.2) is 0 Å². The Balaban J connectivity index is 2.46. The summed E-state index contributed by atoms with van der Waals surface area (Å²) in [5.74, 6) is 0. The van der Waals surface area contributed by atoms with Crippen LogP contribution < -0.4 is 0 Å². The molecule has 0 heteroatoms. The molecule has 0 bridgehead atoms. The third kappa shape index (κ3) is 2.41. The average molecular weight is 224 g/mol. The number of fused-ring (bicyclic) bond motifs is 1. The van der Waals surface area contributed by atoms with Gasteiger partial charge < -0.3 is 0 Å². The van der Waals surface area contributed by atoms with E-state index in [0.717, 1.165) is 19.3 Å². The van der Waals surface area contributed by atoms with Gasteiger partial charge in [0.05, 0.1) is 0 Å². The van der Waals surface area contributed by atoms with Crippen LogP contribution in [0.1, 0.15) is 37.8 Å². The fraction of sp³-hybridized carbons (Fsp3) is 0.294. The summed E-state index contributed by atoms with van der Waals surface area (Å²) in [6.45, 7) is 8.69. The zero-order valence-corrected chi connectivity index (χ0v) is 10.8. The van der Waals surface area contributed by atoms with Crippen LogP contribution in [-0.4, -0.2) is 0 Å². The minimum Gasteiger partial charge on any atom is -0.0905 e. The van der Waals surface area contributed by atoms with Gasteiger partial charge in [-0.3, -0.25) is 0 Å². The van der Waals surface area contributed by atoms with Crippen LogP contribution in [0.15, 0.2) is 54.1 Å². The molecule has 1 aromatic carbocycles. The summed E-state index contributed by atoms with van der Waals surface area (Å²) in [5.41, 5.74) is 6.71. The summed E-state index contributed by atoms with van der Waals surface area (Å²) in [5, 5.41) is 0. The van der Waals surface area contributed by atoms with E-state index < -0.39 is 0 Å². The normalized spacial score (nSPS) is 16.2. The van der Waals surface area contributed by atoms with Gasteiger partial charge in [-0.05, 0) is 48.5 Å². The lowest BCUT2D eigenvalue weighted by Gasteiger charge is -2.10. The largest absolute Gasteiger partial charge is 0.0905 e. The number of benzene rings is 1. The summed E-state index contributed by atoms with van der Waals surface area (Å²) in [6.07, 6.45) is 7.80. The van der Waals surface area contributed by atoms with E-state index in [0.29, 0.717) is 0 Å². The Morgan fingerprint density at radius 1 is 1.24 bits per heavy atom. The topological polar surface area (TPSA) is 0 Å². The average Bonchev–Trinajstić information content (AvgIpc) is 2.47. The number of rotatable bonds is 2. The molecule has 0 unspecified atom stereocenters. The molecule has 0 heterocycles. The molecule has 0 aliphatic heterocycles. The summed E-state index contributed by atoms with van der Waals surface area (Å²) in [7, 11) is 0. The van der Waals surface area contributed by atoms with Gasteiger partial charge >= 0.3 is 0 Å². The zero-order chi connectivity index (χ0) is 12.3. The summed E-state index contributed by atoms with van der Waals surface area (Å²) in [6, 6.07) is 8.64. The first-order chi connectivity index (χ1) is 8.24. The minimum absolute atomic E-state index is 1.08. The molecule has 88 valence electrons. The van der Waals surface area contributed by atoms with Gasteiger partial charge in [-0.25, -0.2) is 0 Å². The first-order valence-electron chi connectivity index (χ1n) is 6.38. The van der Waals surface area contributed by atoms with E-state index in [-0.39, 0.29) is 0 Å². The van der Waals surface area contributed by atoms with Crippen LogP contribution in [0.5, 0.6) is 0 Å². The van der Waals surface area contributed by atoms with Gasteiger partial charge in [-0.1, -0.05) is 55.5 Å². The van der Waals surface area contributed by atoms with E-state index >= 15 is 0 Å². The lowest BCUT2D eigenvalue weighted by Crippen LogP contribution is -1.90. The van der Waals surface area contributed by atoms with E-state index in [1.54, 1.807) is 0 Å². The molecule has 17 heavy (non-hydrogen) atoms. The maximum atomic E-state index is 4.29. The van der Waals surface area contributed by atoms with E-state index in [1.807, 2.05) is 0 Å². The van der Waals surface area contributed by atoms with Crippen LogP contribution >= 0.6 is 0 Å². The molecule has 1 aromatic rings. The summed E-state index contributed by atoms with van der Waals surface area (Å²) >= 11 is 0. The van der Waals surface area contributed by atoms with Crippen molar-refractivity contribution >= 4 is 5.57 Å². The smallest absolute Gasteiger partial charge is 0.0152 e. The Labute approximate surface area is 104 Å². The van der Waals surface area contributed by atoms with Crippen LogP contribution in [0.3, 0.4) is 0 Å². The lowest BCUT2D eigenvalue weighted by molar-refractivity contribution is 0.943. The van der Waals surface area contributed by atoms with Crippen molar-refractivity contribution < 1.29 is 0 Å². The molecule has 0 saturated carbocycles. The molecule has 1 aliphatic rings. The van der Waals surface area contributed by atoms with Crippen molar-refractivity contribution in [3.63, 3.8) is 0 Å². The van der Waals surface area contributed by atoms with Crippen molar-refractivity contribution in [2.75, 3.05) is 0 Å². The predicted molar refractivity (Wildman–Crippen MR) is 75.9 cm³/mol. The molecule has 0 nitrogen and oxygen atoms in total. The molecular weight excluding hydrogens is 204 g/mol. The number of aryl methyl sites for hydroxylation is 1. The summed E-state index contributed by atoms with van der Waals surface area (Å²) in [4.78, 5) is 0. The van der Waals surface area contributed by atoms with E-state index in [4.69, 9.17) is 0 Å². The Morgan fingerprint density at radius 2 is 2.00 bits per heavy atom. The van der Waals surface area contributed by atoms with E-state index in [1.165, 1.54) is 27.8 Å². The van der Waals surface area contributed by atoms with Crippen molar-refractivity contribution in [2.24, 2.45) is 0 Å². The second kappa shape index (κ2) is 5.18. The first-order valence-corrected chi connectivity index (χ1v) is 6.38. The standard InChI is InChI=1S/C17H20/c1-4-5-9-16-13(2)11-12-15-8-6-7-10-17(15)14(16)3/h5-10H,3-4,11-12H2,1-2H3/b9-5-. The van der Waals surface area contributed by atoms with E-state index in [2.05, 4.69) is 56.8 Å². The molecule has 0 fully saturated rings. The molecular formula is C17H20. The monoisotopic (exact) mass is 224 g/mol. The number of hydrogen-bond acceptors (Lipinski definition) is 0. The van der Waals surface area contributed by atoms with Gasteiger partial charge in [0.2, 0.25) is 0 Å². The van der Waals surface area contributed by atoms with E-state index in [9.17, 15) is 0 Å². The van der Waals surface area contributed by atoms with Gasteiger partial charge in [0.1, 0.15) is 0 Å². The fourth-order valence-corrected chi connectivity index (χ4v) is 2.37. The van der Waals surface area contributed by atoms with Crippen LogP contribution in [0, 0.1) is 0 Å². The number of allylic oxidation sites excluding steroid dienone is 5. The van der Waals surface area contributed by atoms with Crippen LogP contribution in [0.25, 0.3) is 5.57 Å². The van der Waals surface area contributed by atoms with Gasteiger partial charge in [-0.15, -0.1) is 0 Å². The maximum absolute atomic E-state index is 4.29. The molecule has 0 radical (unpaired) electrons. The van der Waals surface area contributed by atoms with Gasteiger partial charge in [0.25, 0.3) is 0 Å². The first kappa shape index (κ1) is 11.9. The molecule has 0 saturated heterocycles. The molecule has 0 spiro atoms. The quantitative estimate of drug-likeness (QED) is 0.668. The highest BCUT2D eigenvalue weighted by molar-refractivity contribution is 5.83. The van der Waals surface area contributed by atoms with Crippen LogP contribution in [0.4, 0.5) is 0 Å². The minimum atomic E-state index is 1.08. The third-order valence-electron chi connectivity index (χ3n) is 3.42. The summed E-state index contributed by atoms with van der Waals surface area (Å²) < 4.78 is 0. The third-order valence-corrected chi connectivity index (χ3v) is 3.42. The molecule has 0 N–H and O–H groups in total. The highest BCUT2D eigenvalue weighted by Gasteiger charge is 2.14. The van der Waals surface area contributed by atoms with Crippen LogP contribution in [-0.2, 0) is 6.42 Å². The maximum Gasteiger partial charge on any atom is -0.0152 e. The van der Waals surface area contributed by atoms with Crippen molar-refractivity contribution in [1.29, 1.82) is 0 Å². The molecule has 2 rings (SSSR count). The second-order valence-electron chi connectivity index (χ2n) is 4.64. The Morgan fingerprint density at radius 3 is 2.76 bits per heavy atom. The van der Waals surface area contributed by atoms with Crippen molar-refractivity contribution in [3.05, 3.63) is 65.3 Å². The van der Waals surface area contributed by atoms with Crippen molar-refractivity contribution in [2.45, 2.75) is 33.1 Å². The highest BCUT2D eigenvalue weighted by Crippen LogP contribution is 2.33. The van der Waals surface area contributed by atoms with Crippen molar-refractivity contribution in [1.82, 2.24) is 0 Å². The molecule has 0 aromatic heterocycles. The Kier molecular flexibility index (Phi) is 3.63. The fourth-order valence-electron chi connectivity index (χ4n) is 2.37. The Bertz CT molecular complexity index is 487. The SMILES string of the molecule is C=C1C(/C=C\CC)=C(C)CCc2ccccc21. The molecule has 1 aliphatic carbocycles. The molecule has 0 amide bonds. The van der Waals surface area contributed by atoms with Gasteiger partial charge in [0, 0.05) is 0 Å². The highest BCUT2D eigenvalue weighted by atomic mass is 14.2. The molecule has 0 atom stereocenters. The zero-order valence-electron chi connectivity index (χ0n) is 10.8. The van der Waals surface area contributed by atoms with Gasteiger partial charge in [-0.2, -0.15) is 0 Å². The van der Waals surface area contributed by atoms with Crippen LogP contribution in [0.2, 0.25) is 0 Å². The number of hydrogen-bond donors (Lipinski definition) is 0. The predicted octanol–water partition coefficient (Wildman–Crippen LogP) is 4.93. The van der Waals surface area contributed by atoms with Crippen molar-refractivity contribution in [3.8, 4) is 0 Å². The Hall–Kier alpha value is -1.56.